The standard InChI is InChI=1S/C13H12BrNOS/c14-12(11-7-4-8-17-11)13(16)15-9-10-5-2-1-3-6-10/h1-8,12H,9H2,(H,15,16). The van der Waals surface area contributed by atoms with Gasteiger partial charge >= 0.3 is 0 Å². The van der Waals surface area contributed by atoms with Crippen LogP contribution >= 0.6 is 27.3 Å². The fourth-order valence-electron chi connectivity index (χ4n) is 1.44. The van der Waals surface area contributed by atoms with Crippen LogP contribution in [0.1, 0.15) is 15.3 Å². The van der Waals surface area contributed by atoms with E-state index < -0.39 is 0 Å². The first-order chi connectivity index (χ1) is 8.27. The van der Waals surface area contributed by atoms with E-state index in [4.69, 9.17) is 0 Å². The summed E-state index contributed by atoms with van der Waals surface area (Å²) in [5, 5.41) is 4.87. The van der Waals surface area contributed by atoms with Crippen molar-refractivity contribution in [2.45, 2.75) is 11.4 Å². The number of alkyl halides is 1. The van der Waals surface area contributed by atoms with Gasteiger partial charge in [-0.25, -0.2) is 0 Å². The summed E-state index contributed by atoms with van der Waals surface area (Å²) in [7, 11) is 0. The molecule has 1 atom stereocenters. The van der Waals surface area contributed by atoms with Gasteiger partial charge in [-0.3, -0.25) is 4.79 Å². The lowest BCUT2D eigenvalue weighted by Gasteiger charge is -2.09. The fourth-order valence-corrected chi connectivity index (χ4v) is 2.78. The van der Waals surface area contributed by atoms with Crippen LogP contribution in [0.25, 0.3) is 0 Å². The first-order valence-electron chi connectivity index (χ1n) is 5.26. The Morgan fingerprint density at radius 2 is 2.00 bits per heavy atom. The van der Waals surface area contributed by atoms with Gasteiger partial charge in [0.2, 0.25) is 5.91 Å². The molecule has 0 aliphatic carbocycles. The molecule has 1 unspecified atom stereocenters. The molecular formula is C13H12BrNOS. The number of nitrogens with one attached hydrogen (secondary N) is 1. The summed E-state index contributed by atoms with van der Waals surface area (Å²) in [6.45, 7) is 0.563. The monoisotopic (exact) mass is 309 g/mol. The highest BCUT2D eigenvalue weighted by molar-refractivity contribution is 9.09. The van der Waals surface area contributed by atoms with E-state index in [9.17, 15) is 4.79 Å². The van der Waals surface area contributed by atoms with Crippen molar-refractivity contribution in [1.29, 1.82) is 0 Å². The Balaban J connectivity index is 1.90. The number of hydrogen-bond donors (Lipinski definition) is 1. The minimum Gasteiger partial charge on any atom is -0.351 e. The van der Waals surface area contributed by atoms with Crippen LogP contribution in [-0.4, -0.2) is 5.91 Å². The maximum absolute atomic E-state index is 11.9. The number of hydrogen-bond acceptors (Lipinski definition) is 2. The minimum atomic E-state index is -0.258. The predicted octanol–water partition coefficient (Wildman–Crippen LogP) is 3.50. The summed E-state index contributed by atoms with van der Waals surface area (Å²) in [6.07, 6.45) is 0. The van der Waals surface area contributed by atoms with Crippen LogP contribution in [0.4, 0.5) is 0 Å². The van der Waals surface area contributed by atoms with Gasteiger partial charge in [-0.2, -0.15) is 0 Å². The molecule has 4 heteroatoms. The largest absolute Gasteiger partial charge is 0.351 e. The van der Waals surface area contributed by atoms with Crippen LogP contribution in [0.2, 0.25) is 0 Å². The second kappa shape index (κ2) is 5.98. The van der Waals surface area contributed by atoms with E-state index in [1.165, 1.54) is 0 Å². The lowest BCUT2D eigenvalue weighted by molar-refractivity contribution is -0.120. The molecule has 1 aromatic heterocycles. The van der Waals surface area contributed by atoms with E-state index in [1.807, 2.05) is 47.8 Å². The van der Waals surface area contributed by atoms with Gasteiger partial charge in [0.25, 0.3) is 0 Å². The van der Waals surface area contributed by atoms with Crippen LogP contribution in [0.3, 0.4) is 0 Å². The van der Waals surface area contributed by atoms with E-state index in [-0.39, 0.29) is 10.7 Å². The Hall–Kier alpha value is -1.13. The third-order valence-electron chi connectivity index (χ3n) is 2.33. The zero-order valence-electron chi connectivity index (χ0n) is 9.10. The maximum atomic E-state index is 11.9. The molecule has 0 saturated carbocycles. The van der Waals surface area contributed by atoms with Crippen molar-refractivity contribution in [2.75, 3.05) is 0 Å². The summed E-state index contributed by atoms with van der Waals surface area (Å²) in [5.74, 6) is -0.00342. The quantitative estimate of drug-likeness (QED) is 0.861. The number of thiophene rings is 1. The van der Waals surface area contributed by atoms with Gasteiger partial charge in [0.15, 0.2) is 0 Å². The molecule has 0 aliphatic heterocycles. The number of carbonyl (C=O) groups excluding carboxylic acids is 1. The maximum Gasteiger partial charge on any atom is 0.239 e. The van der Waals surface area contributed by atoms with Gasteiger partial charge in [0, 0.05) is 11.4 Å². The molecule has 1 amide bonds. The second-order valence-electron chi connectivity index (χ2n) is 3.58. The van der Waals surface area contributed by atoms with Gasteiger partial charge in [-0.1, -0.05) is 52.3 Å². The van der Waals surface area contributed by atoms with E-state index in [2.05, 4.69) is 21.2 Å². The first-order valence-corrected chi connectivity index (χ1v) is 7.06. The summed E-state index contributed by atoms with van der Waals surface area (Å²) in [5.41, 5.74) is 1.10. The lowest BCUT2D eigenvalue weighted by atomic mass is 10.2. The normalized spacial score (nSPS) is 12.1. The molecule has 0 spiro atoms. The van der Waals surface area contributed by atoms with Gasteiger partial charge < -0.3 is 5.32 Å². The molecule has 2 aromatic rings. The highest BCUT2D eigenvalue weighted by Gasteiger charge is 2.17. The highest BCUT2D eigenvalue weighted by Crippen LogP contribution is 2.26. The second-order valence-corrected chi connectivity index (χ2v) is 5.48. The Bertz CT molecular complexity index is 469. The summed E-state index contributed by atoms with van der Waals surface area (Å²) < 4.78 is 0. The molecule has 0 saturated heterocycles. The molecule has 2 nitrogen and oxygen atoms in total. The van der Waals surface area contributed by atoms with Crippen LogP contribution in [0.15, 0.2) is 47.8 Å². The van der Waals surface area contributed by atoms with E-state index in [0.717, 1.165) is 10.4 Å². The van der Waals surface area contributed by atoms with Crippen LogP contribution in [0, 0.1) is 0 Å². The molecule has 0 aliphatic rings. The topological polar surface area (TPSA) is 29.1 Å². The SMILES string of the molecule is O=C(NCc1ccccc1)C(Br)c1cccs1. The zero-order chi connectivity index (χ0) is 12.1. The molecule has 17 heavy (non-hydrogen) atoms. The minimum absolute atomic E-state index is 0.00342. The highest BCUT2D eigenvalue weighted by atomic mass is 79.9. The van der Waals surface area contributed by atoms with Crippen LogP contribution in [0.5, 0.6) is 0 Å². The summed E-state index contributed by atoms with van der Waals surface area (Å²) in [4.78, 5) is 12.6. The molecule has 1 N–H and O–H groups in total. The Morgan fingerprint density at radius 3 is 2.65 bits per heavy atom. The van der Waals surface area contributed by atoms with Crippen molar-refractivity contribution in [3.8, 4) is 0 Å². The predicted molar refractivity (Wildman–Crippen MR) is 74.3 cm³/mol. The van der Waals surface area contributed by atoms with Crippen molar-refractivity contribution in [3.05, 3.63) is 58.3 Å². The first kappa shape index (κ1) is 12.3. The van der Waals surface area contributed by atoms with Gasteiger partial charge in [-0.15, -0.1) is 11.3 Å². The summed E-state index contributed by atoms with van der Waals surface area (Å²) in [6, 6.07) is 13.8. The summed E-state index contributed by atoms with van der Waals surface area (Å²) >= 11 is 4.98. The number of rotatable bonds is 4. The van der Waals surface area contributed by atoms with Crippen molar-refractivity contribution < 1.29 is 4.79 Å². The van der Waals surface area contributed by atoms with E-state index in [0.29, 0.717) is 6.54 Å². The molecule has 2 rings (SSSR count). The third-order valence-corrected chi connectivity index (χ3v) is 4.48. The molecule has 0 radical (unpaired) electrons. The van der Waals surface area contributed by atoms with Gasteiger partial charge in [-0.05, 0) is 17.0 Å². The third kappa shape index (κ3) is 3.41. The van der Waals surface area contributed by atoms with Gasteiger partial charge in [0.1, 0.15) is 4.83 Å². The van der Waals surface area contributed by atoms with Crippen molar-refractivity contribution in [1.82, 2.24) is 5.32 Å². The molecule has 88 valence electrons. The zero-order valence-corrected chi connectivity index (χ0v) is 11.5. The van der Waals surface area contributed by atoms with E-state index in [1.54, 1.807) is 11.3 Å². The number of amides is 1. The number of carbonyl (C=O) groups is 1. The molecule has 0 bridgehead atoms. The molecule has 1 heterocycles. The number of halogens is 1. The van der Waals surface area contributed by atoms with Crippen LogP contribution in [-0.2, 0) is 11.3 Å². The van der Waals surface area contributed by atoms with Gasteiger partial charge in [0.05, 0.1) is 0 Å². The smallest absolute Gasteiger partial charge is 0.239 e. The fraction of sp³-hybridized carbons (Fsp3) is 0.154. The van der Waals surface area contributed by atoms with Crippen LogP contribution < -0.4 is 5.32 Å². The van der Waals surface area contributed by atoms with E-state index >= 15 is 0 Å². The average Bonchev–Trinajstić information content (AvgIpc) is 2.90. The Kier molecular flexibility index (Phi) is 4.34. The Labute approximate surface area is 113 Å². The van der Waals surface area contributed by atoms with Crippen molar-refractivity contribution in [2.24, 2.45) is 0 Å². The molecule has 1 aromatic carbocycles. The molecule has 0 fully saturated rings. The van der Waals surface area contributed by atoms with Crippen molar-refractivity contribution >= 4 is 33.2 Å². The lowest BCUT2D eigenvalue weighted by Crippen LogP contribution is -2.25. The average molecular weight is 310 g/mol. The Morgan fingerprint density at radius 1 is 1.24 bits per heavy atom. The van der Waals surface area contributed by atoms with Crippen molar-refractivity contribution in [3.63, 3.8) is 0 Å². The number of benzene rings is 1. The molecular weight excluding hydrogens is 298 g/mol.